The summed E-state index contributed by atoms with van der Waals surface area (Å²) in [6, 6.07) is 0.426. The summed E-state index contributed by atoms with van der Waals surface area (Å²) in [5, 5.41) is 21.3. The van der Waals surface area contributed by atoms with Gasteiger partial charge < -0.3 is 35.1 Å². The van der Waals surface area contributed by atoms with Gasteiger partial charge in [-0.05, 0) is 78.1 Å². The maximum Gasteiger partial charge on any atom is 0.341 e. The third-order valence-corrected chi connectivity index (χ3v) is 12.5. The number of aliphatic hydroxyl groups is 1. The normalized spacial score (nSPS) is 46.3. The zero-order valence-electron chi connectivity index (χ0n) is 29.5. The van der Waals surface area contributed by atoms with Crippen LogP contribution >= 0.6 is 0 Å². The van der Waals surface area contributed by atoms with Crippen molar-refractivity contribution in [1.29, 1.82) is 0 Å². The van der Waals surface area contributed by atoms with E-state index in [0.717, 1.165) is 38.8 Å². The quantitative estimate of drug-likeness (QED) is 0.125. The van der Waals surface area contributed by atoms with Crippen molar-refractivity contribution in [3.63, 3.8) is 0 Å². The summed E-state index contributed by atoms with van der Waals surface area (Å²) in [6.07, 6.45) is 9.44. The van der Waals surface area contributed by atoms with Crippen molar-refractivity contribution in [2.45, 2.75) is 178 Å². The number of carbonyl (C=O) groups excluding carboxylic acids is 2. The molecule has 6 aliphatic rings. The van der Waals surface area contributed by atoms with Crippen molar-refractivity contribution in [2.75, 3.05) is 13.1 Å². The van der Waals surface area contributed by atoms with Gasteiger partial charge in [-0.1, -0.05) is 19.8 Å². The smallest absolute Gasteiger partial charge is 0.341 e. The Morgan fingerprint density at radius 3 is 2.70 bits per heavy atom. The zero-order valence-corrected chi connectivity index (χ0v) is 29.5. The standard InChI is InChI=1S/C36H62N4O7/c1-6-7-8-12-38-31-17-22(11-13-39-31)24-15-21(16-30(37)40-24)9-10-28-36(5,47-28)34(43)45-29-18-23-26(46-35(29,3)4)19-27-32(33(23)42)25(41)14-20(2)44-27/h20-24,26-33,38-40,42H,6-19,37H2,1-5H3/p+1/t20?,21?,22?,23?,24?,26?,27?,28-,29-,30?,31?,32?,33?,36+/m0/s1. The summed E-state index contributed by atoms with van der Waals surface area (Å²) in [6.45, 7) is 12.1. The molecule has 0 aromatic carbocycles. The molecule has 268 valence electrons. The minimum atomic E-state index is -0.975. The van der Waals surface area contributed by atoms with Gasteiger partial charge in [0, 0.05) is 44.2 Å². The largest absolute Gasteiger partial charge is 0.457 e. The predicted molar refractivity (Wildman–Crippen MR) is 176 cm³/mol. The summed E-state index contributed by atoms with van der Waals surface area (Å²) in [7, 11) is 0. The molecule has 6 fully saturated rings. The summed E-state index contributed by atoms with van der Waals surface area (Å²) >= 11 is 0. The van der Waals surface area contributed by atoms with Gasteiger partial charge in [-0.3, -0.25) is 15.4 Å². The fourth-order valence-electron chi connectivity index (χ4n) is 9.62. The molecule has 7 N–H and O–H groups in total. The molecule has 0 bridgehead atoms. The lowest BCUT2D eigenvalue weighted by Crippen LogP contribution is -2.95. The molecule has 0 radical (unpaired) electrons. The highest BCUT2D eigenvalue weighted by Gasteiger charge is 2.62. The number of fused-ring (bicyclic) bond motifs is 2. The number of hydrogen-bond acceptors (Lipinski definition) is 10. The molecule has 5 aliphatic heterocycles. The van der Waals surface area contributed by atoms with Gasteiger partial charge in [-0.2, -0.15) is 0 Å². The van der Waals surface area contributed by atoms with E-state index in [2.05, 4.69) is 22.9 Å². The number of hydrogen-bond donors (Lipinski definition) is 5. The average molecular weight is 664 g/mol. The number of nitrogens with one attached hydrogen (secondary N) is 2. The number of aliphatic hydroxyl groups excluding tert-OH is 1. The van der Waals surface area contributed by atoms with Gasteiger partial charge in [0.15, 0.2) is 5.60 Å². The Bertz CT molecular complexity index is 1110. The van der Waals surface area contributed by atoms with Gasteiger partial charge >= 0.3 is 5.97 Å². The molecule has 6 rings (SSSR count). The van der Waals surface area contributed by atoms with Crippen LogP contribution in [0.2, 0.25) is 0 Å². The molecule has 11 nitrogen and oxygen atoms in total. The minimum absolute atomic E-state index is 0.00117. The van der Waals surface area contributed by atoms with Crippen molar-refractivity contribution < 1.29 is 39.0 Å². The fraction of sp³-hybridized carbons (Fsp3) is 0.944. The van der Waals surface area contributed by atoms with E-state index in [-0.39, 0.29) is 48.3 Å². The van der Waals surface area contributed by atoms with Crippen LogP contribution in [0.1, 0.15) is 112 Å². The number of epoxide rings is 1. The second-order valence-electron chi connectivity index (χ2n) is 16.5. The number of rotatable bonds is 11. The van der Waals surface area contributed by atoms with Gasteiger partial charge in [-0.15, -0.1) is 0 Å². The van der Waals surface area contributed by atoms with E-state index in [1.165, 1.54) is 32.1 Å². The summed E-state index contributed by atoms with van der Waals surface area (Å²) in [5.41, 5.74) is 4.82. The Morgan fingerprint density at radius 2 is 1.91 bits per heavy atom. The molecule has 47 heavy (non-hydrogen) atoms. The first-order valence-electron chi connectivity index (χ1n) is 18.9. The highest BCUT2D eigenvalue weighted by molar-refractivity contribution is 5.84. The number of ketones is 1. The van der Waals surface area contributed by atoms with Crippen molar-refractivity contribution in [3.05, 3.63) is 0 Å². The molecule has 11 heteroatoms. The summed E-state index contributed by atoms with van der Waals surface area (Å²) in [5.74, 6) is -0.0366. The molecule has 0 spiro atoms. The Morgan fingerprint density at radius 1 is 1.11 bits per heavy atom. The molecule has 5 heterocycles. The van der Waals surface area contributed by atoms with Crippen molar-refractivity contribution >= 4 is 11.8 Å². The topological polar surface area (TPSA) is 161 Å². The molecule has 5 saturated heterocycles. The number of piperidine rings is 2. The van der Waals surface area contributed by atoms with Gasteiger partial charge in [0.05, 0.1) is 54.7 Å². The van der Waals surface area contributed by atoms with Gasteiger partial charge in [0.2, 0.25) is 0 Å². The molecule has 0 aromatic heterocycles. The first kappa shape index (κ1) is 35.6. The number of ether oxygens (including phenoxy) is 4. The molecule has 0 aromatic rings. The zero-order chi connectivity index (χ0) is 33.5. The molecular formula is C36H63N4O7+. The highest BCUT2D eigenvalue weighted by Crippen LogP contribution is 2.48. The first-order chi connectivity index (χ1) is 22.4. The third-order valence-electron chi connectivity index (χ3n) is 12.5. The van der Waals surface area contributed by atoms with Crippen LogP contribution in [-0.2, 0) is 28.5 Å². The third kappa shape index (κ3) is 7.93. The van der Waals surface area contributed by atoms with Crippen molar-refractivity contribution in [2.24, 2.45) is 29.4 Å². The van der Waals surface area contributed by atoms with Crippen LogP contribution in [-0.4, -0.2) is 96.1 Å². The van der Waals surface area contributed by atoms with Crippen LogP contribution in [0.25, 0.3) is 0 Å². The monoisotopic (exact) mass is 663 g/mol. The lowest BCUT2D eigenvalue weighted by atomic mass is 9.67. The lowest BCUT2D eigenvalue weighted by molar-refractivity contribution is -0.705. The lowest BCUT2D eigenvalue weighted by Gasteiger charge is -2.53. The molecule has 11 unspecified atom stereocenters. The van der Waals surface area contributed by atoms with Gasteiger partial charge in [0.25, 0.3) is 0 Å². The average Bonchev–Trinajstić information content (AvgIpc) is 3.69. The fourth-order valence-corrected chi connectivity index (χ4v) is 9.62. The van der Waals surface area contributed by atoms with E-state index in [4.69, 9.17) is 24.7 Å². The molecule has 14 atom stereocenters. The number of carbonyl (C=O) groups is 2. The first-order valence-corrected chi connectivity index (χ1v) is 18.9. The number of quaternary nitrogens is 1. The predicted octanol–water partition coefficient (Wildman–Crippen LogP) is 1.88. The number of nitrogens with two attached hydrogens (primary N) is 2. The number of unbranched alkanes of at least 4 members (excludes halogenated alkanes) is 2. The molecule has 0 amide bonds. The second-order valence-corrected chi connectivity index (χ2v) is 16.5. The van der Waals surface area contributed by atoms with Crippen LogP contribution in [0.15, 0.2) is 0 Å². The molecular weight excluding hydrogens is 600 g/mol. The van der Waals surface area contributed by atoms with Crippen LogP contribution in [0.4, 0.5) is 0 Å². The highest BCUT2D eigenvalue weighted by atomic mass is 16.7. The second kappa shape index (κ2) is 14.6. The van der Waals surface area contributed by atoms with Gasteiger partial charge in [-0.25, -0.2) is 4.79 Å². The van der Waals surface area contributed by atoms with Crippen LogP contribution in [0.5, 0.6) is 0 Å². The Balaban J connectivity index is 0.985. The Labute approximate surface area is 281 Å². The Hall–Kier alpha value is -1.18. The van der Waals surface area contributed by atoms with E-state index >= 15 is 0 Å². The Kier molecular flexibility index (Phi) is 11.1. The minimum Gasteiger partial charge on any atom is -0.457 e. The molecule has 1 saturated carbocycles. The van der Waals surface area contributed by atoms with Crippen molar-refractivity contribution in [1.82, 2.24) is 10.6 Å². The number of Topliss-reactive ketones (excluding diaryl/α,β-unsaturated/α-hetero) is 1. The van der Waals surface area contributed by atoms with Crippen LogP contribution in [0.3, 0.4) is 0 Å². The van der Waals surface area contributed by atoms with E-state index in [0.29, 0.717) is 43.3 Å². The van der Waals surface area contributed by atoms with E-state index < -0.39 is 29.3 Å². The van der Waals surface area contributed by atoms with Crippen molar-refractivity contribution in [3.8, 4) is 0 Å². The number of esters is 1. The van der Waals surface area contributed by atoms with E-state index in [1.807, 2.05) is 27.7 Å². The van der Waals surface area contributed by atoms with Crippen LogP contribution < -0.4 is 21.7 Å². The summed E-state index contributed by atoms with van der Waals surface area (Å²) < 4.78 is 24.7. The van der Waals surface area contributed by atoms with Crippen LogP contribution in [0, 0.1) is 23.7 Å². The van der Waals surface area contributed by atoms with E-state index in [1.54, 1.807) is 0 Å². The maximum atomic E-state index is 13.6. The summed E-state index contributed by atoms with van der Waals surface area (Å²) in [4.78, 5) is 26.4. The SMILES string of the molecule is CCCCCNC1CC(C2CC(CC[C@@H]3O[C@@]3(C)C(=O)O[C@H]3CC4C(CC5OC(C)CC(=O)C5C4O)OC3(C)C)CC(N)N2)CC[NH2+]1. The maximum absolute atomic E-state index is 13.6. The van der Waals surface area contributed by atoms with Gasteiger partial charge in [0.1, 0.15) is 18.1 Å². The molecule has 1 aliphatic carbocycles. The van der Waals surface area contributed by atoms with E-state index in [9.17, 15) is 14.7 Å².